The van der Waals surface area contributed by atoms with Gasteiger partial charge in [0.1, 0.15) is 0 Å². The molecule has 114 valence electrons. The van der Waals surface area contributed by atoms with Crippen LogP contribution in [0.1, 0.15) is 5.56 Å². The number of furan rings is 1. The molecule has 2 aromatic heterocycles. The molecular formula is C18H12BrClN2O. The van der Waals surface area contributed by atoms with Crippen molar-refractivity contribution in [3.63, 3.8) is 0 Å². The van der Waals surface area contributed by atoms with E-state index >= 15 is 0 Å². The zero-order valence-corrected chi connectivity index (χ0v) is 14.4. The first-order chi connectivity index (χ1) is 11.2. The molecule has 0 unspecified atom stereocenters. The van der Waals surface area contributed by atoms with Crippen LogP contribution in [0.2, 0.25) is 5.02 Å². The van der Waals surface area contributed by atoms with Crippen LogP contribution >= 0.6 is 27.5 Å². The summed E-state index contributed by atoms with van der Waals surface area (Å²) in [6.07, 6.45) is 0. The van der Waals surface area contributed by atoms with E-state index in [0.717, 1.165) is 33.2 Å². The van der Waals surface area contributed by atoms with Gasteiger partial charge in [0.2, 0.25) is 0 Å². The maximum Gasteiger partial charge on any atom is 0.177 e. The molecule has 0 aliphatic carbocycles. The summed E-state index contributed by atoms with van der Waals surface area (Å²) in [5, 5.41) is 0.731. The van der Waals surface area contributed by atoms with E-state index in [1.54, 1.807) is 0 Å². The van der Waals surface area contributed by atoms with Crippen LogP contribution < -0.4 is 0 Å². The number of rotatable bonds is 3. The molecule has 0 atom stereocenters. The average Bonchev–Trinajstić information content (AvgIpc) is 3.12. The van der Waals surface area contributed by atoms with Crippen LogP contribution in [0.5, 0.6) is 0 Å². The molecule has 0 spiro atoms. The summed E-state index contributed by atoms with van der Waals surface area (Å²) in [4.78, 5) is 4.73. The Morgan fingerprint density at radius 2 is 1.91 bits per heavy atom. The number of nitrogens with zero attached hydrogens (tertiary/aromatic N) is 2. The van der Waals surface area contributed by atoms with E-state index in [9.17, 15) is 0 Å². The van der Waals surface area contributed by atoms with Gasteiger partial charge in [-0.15, -0.1) is 0 Å². The lowest BCUT2D eigenvalue weighted by molar-refractivity contribution is 0.547. The van der Waals surface area contributed by atoms with Crippen LogP contribution in [0.15, 0.2) is 69.8 Å². The first-order valence-electron chi connectivity index (χ1n) is 7.16. The Balaban J connectivity index is 1.89. The lowest BCUT2D eigenvalue weighted by atomic mass is 10.2. The second-order valence-corrected chi connectivity index (χ2v) is 6.46. The second kappa shape index (κ2) is 5.87. The Labute approximate surface area is 146 Å². The van der Waals surface area contributed by atoms with E-state index in [1.807, 2.05) is 48.5 Å². The van der Waals surface area contributed by atoms with Crippen LogP contribution in [0.3, 0.4) is 0 Å². The number of halogens is 2. The highest BCUT2D eigenvalue weighted by molar-refractivity contribution is 9.10. The molecule has 0 saturated carbocycles. The highest BCUT2D eigenvalue weighted by atomic mass is 79.9. The molecule has 0 radical (unpaired) electrons. The number of hydrogen-bond donors (Lipinski definition) is 0. The highest BCUT2D eigenvalue weighted by Gasteiger charge is 2.15. The summed E-state index contributed by atoms with van der Waals surface area (Å²) in [7, 11) is 0. The van der Waals surface area contributed by atoms with E-state index < -0.39 is 0 Å². The Kier molecular flexibility index (Phi) is 3.71. The van der Waals surface area contributed by atoms with Crippen LogP contribution in [0.25, 0.3) is 22.6 Å². The average molecular weight is 388 g/mol. The van der Waals surface area contributed by atoms with Gasteiger partial charge in [0, 0.05) is 11.6 Å². The third kappa shape index (κ3) is 2.80. The van der Waals surface area contributed by atoms with Gasteiger partial charge < -0.3 is 8.98 Å². The van der Waals surface area contributed by atoms with E-state index in [2.05, 4.69) is 32.6 Å². The van der Waals surface area contributed by atoms with Crippen molar-refractivity contribution in [1.29, 1.82) is 0 Å². The molecule has 4 rings (SSSR count). The maximum absolute atomic E-state index is 6.11. The second-order valence-electron chi connectivity index (χ2n) is 5.24. The van der Waals surface area contributed by atoms with E-state index in [0.29, 0.717) is 11.2 Å². The largest absolute Gasteiger partial charge is 0.446 e. The lowest BCUT2D eigenvalue weighted by Crippen LogP contribution is -2.01. The van der Waals surface area contributed by atoms with Gasteiger partial charge in [-0.2, -0.15) is 0 Å². The Hall–Kier alpha value is -2.04. The predicted octanol–water partition coefficient (Wildman–Crippen LogP) is 5.76. The van der Waals surface area contributed by atoms with Crippen molar-refractivity contribution >= 4 is 38.6 Å². The van der Waals surface area contributed by atoms with Gasteiger partial charge in [-0.05, 0) is 57.9 Å². The van der Waals surface area contributed by atoms with Gasteiger partial charge in [-0.3, -0.25) is 0 Å². The molecule has 2 aromatic carbocycles. The van der Waals surface area contributed by atoms with Gasteiger partial charge in [-0.1, -0.05) is 35.9 Å². The van der Waals surface area contributed by atoms with Gasteiger partial charge in [-0.25, -0.2) is 4.98 Å². The standard InChI is InChI=1S/C18H12BrClN2O/c19-17-9-8-16(23-17)18-21-14-6-1-2-7-15(14)22(18)11-12-4-3-5-13(20)10-12/h1-10H,11H2. The Morgan fingerprint density at radius 3 is 2.70 bits per heavy atom. The molecule has 5 heteroatoms. The van der Waals surface area contributed by atoms with Gasteiger partial charge in [0.25, 0.3) is 0 Å². The molecule has 0 fully saturated rings. The number of aromatic nitrogens is 2. The van der Waals surface area contributed by atoms with E-state index in [4.69, 9.17) is 21.0 Å². The minimum atomic E-state index is 0.675. The summed E-state index contributed by atoms with van der Waals surface area (Å²) < 4.78 is 8.54. The number of imidazole rings is 1. The molecule has 0 bridgehead atoms. The summed E-state index contributed by atoms with van der Waals surface area (Å²) in [5.74, 6) is 1.53. The first-order valence-corrected chi connectivity index (χ1v) is 8.33. The summed E-state index contributed by atoms with van der Waals surface area (Å²) in [6.45, 7) is 0.675. The molecule has 23 heavy (non-hydrogen) atoms. The topological polar surface area (TPSA) is 31.0 Å². The Morgan fingerprint density at radius 1 is 1.04 bits per heavy atom. The monoisotopic (exact) mass is 386 g/mol. The number of fused-ring (bicyclic) bond motifs is 1. The molecule has 0 aliphatic heterocycles. The number of benzene rings is 2. The highest BCUT2D eigenvalue weighted by Crippen LogP contribution is 2.29. The fourth-order valence-electron chi connectivity index (χ4n) is 2.68. The fourth-order valence-corrected chi connectivity index (χ4v) is 3.20. The molecule has 0 aliphatic rings. The van der Waals surface area contributed by atoms with E-state index in [1.165, 1.54) is 0 Å². The van der Waals surface area contributed by atoms with Crippen molar-refractivity contribution in [2.45, 2.75) is 6.54 Å². The van der Waals surface area contributed by atoms with Crippen molar-refractivity contribution in [2.24, 2.45) is 0 Å². The van der Waals surface area contributed by atoms with Crippen LogP contribution in [-0.4, -0.2) is 9.55 Å². The number of hydrogen-bond acceptors (Lipinski definition) is 2. The van der Waals surface area contributed by atoms with Gasteiger partial charge in [0.15, 0.2) is 16.3 Å². The van der Waals surface area contributed by atoms with Crippen molar-refractivity contribution in [2.75, 3.05) is 0 Å². The van der Waals surface area contributed by atoms with E-state index in [-0.39, 0.29) is 0 Å². The molecule has 4 aromatic rings. The van der Waals surface area contributed by atoms with Crippen molar-refractivity contribution in [1.82, 2.24) is 9.55 Å². The third-order valence-electron chi connectivity index (χ3n) is 3.68. The zero-order valence-electron chi connectivity index (χ0n) is 12.0. The van der Waals surface area contributed by atoms with Crippen LogP contribution in [-0.2, 0) is 6.54 Å². The van der Waals surface area contributed by atoms with Crippen molar-refractivity contribution in [3.05, 3.63) is 75.9 Å². The molecule has 0 N–H and O–H groups in total. The predicted molar refractivity (Wildman–Crippen MR) is 95.7 cm³/mol. The van der Waals surface area contributed by atoms with Crippen LogP contribution in [0, 0.1) is 0 Å². The maximum atomic E-state index is 6.11. The van der Waals surface area contributed by atoms with Crippen molar-refractivity contribution in [3.8, 4) is 11.6 Å². The van der Waals surface area contributed by atoms with Crippen molar-refractivity contribution < 1.29 is 4.42 Å². The minimum Gasteiger partial charge on any atom is -0.446 e. The Bertz CT molecular complexity index is 990. The fraction of sp³-hybridized carbons (Fsp3) is 0.0556. The van der Waals surface area contributed by atoms with Crippen LogP contribution in [0.4, 0.5) is 0 Å². The number of para-hydroxylation sites is 2. The normalized spacial score (nSPS) is 11.2. The summed E-state index contributed by atoms with van der Waals surface area (Å²) in [5.41, 5.74) is 3.12. The molecular weight excluding hydrogens is 376 g/mol. The first kappa shape index (κ1) is 14.5. The quantitative estimate of drug-likeness (QED) is 0.447. The molecule has 3 nitrogen and oxygen atoms in total. The smallest absolute Gasteiger partial charge is 0.177 e. The minimum absolute atomic E-state index is 0.675. The van der Waals surface area contributed by atoms with Gasteiger partial charge in [0.05, 0.1) is 11.0 Å². The van der Waals surface area contributed by atoms with Gasteiger partial charge >= 0.3 is 0 Å². The summed E-state index contributed by atoms with van der Waals surface area (Å²) in [6, 6.07) is 19.7. The SMILES string of the molecule is Clc1cccc(Cn2c(-c3ccc(Br)o3)nc3ccccc32)c1. The lowest BCUT2D eigenvalue weighted by Gasteiger charge is -2.08. The third-order valence-corrected chi connectivity index (χ3v) is 4.34. The molecule has 0 amide bonds. The summed E-state index contributed by atoms with van der Waals surface area (Å²) >= 11 is 9.47. The molecule has 2 heterocycles. The molecule has 0 saturated heterocycles. The zero-order chi connectivity index (χ0) is 15.8.